The Balaban J connectivity index is 1.40. The number of rotatable bonds is 9. The molecule has 0 bridgehead atoms. The summed E-state index contributed by atoms with van der Waals surface area (Å²) in [6.45, 7) is 0.327. The summed E-state index contributed by atoms with van der Waals surface area (Å²) in [6, 6.07) is 12.6. The van der Waals surface area contributed by atoms with Crippen LogP contribution in [0.3, 0.4) is 0 Å². The van der Waals surface area contributed by atoms with Gasteiger partial charge in [0.2, 0.25) is 5.91 Å². The van der Waals surface area contributed by atoms with Gasteiger partial charge >= 0.3 is 0 Å². The van der Waals surface area contributed by atoms with Gasteiger partial charge in [-0.25, -0.2) is 4.68 Å². The lowest BCUT2D eigenvalue weighted by molar-refractivity contribution is -0.122. The Hall–Kier alpha value is -3.27. The van der Waals surface area contributed by atoms with Gasteiger partial charge in [-0.2, -0.15) is 11.8 Å². The maximum absolute atomic E-state index is 12.6. The minimum absolute atomic E-state index is 0.0967. The monoisotopic (exact) mass is 437 g/mol. The Labute approximate surface area is 182 Å². The minimum Gasteiger partial charge on any atom is -0.346 e. The van der Waals surface area contributed by atoms with E-state index < -0.39 is 0 Å². The first kappa shape index (κ1) is 21.0. The third-order valence-electron chi connectivity index (χ3n) is 5.00. The van der Waals surface area contributed by atoms with Crippen LogP contribution in [0.1, 0.15) is 31.1 Å². The van der Waals surface area contributed by atoms with Crippen LogP contribution in [-0.2, 0) is 11.3 Å². The van der Waals surface area contributed by atoms with Gasteiger partial charge in [0.1, 0.15) is 5.52 Å². The van der Waals surface area contributed by atoms with E-state index in [0.29, 0.717) is 23.9 Å². The molecule has 0 saturated heterocycles. The van der Waals surface area contributed by atoms with Gasteiger partial charge < -0.3 is 5.32 Å². The van der Waals surface area contributed by atoms with Crippen molar-refractivity contribution in [3.05, 3.63) is 64.8 Å². The third kappa shape index (κ3) is 4.74. The van der Waals surface area contributed by atoms with Crippen molar-refractivity contribution in [3.8, 4) is 0 Å². The topological polar surface area (TPSA) is 107 Å². The molecule has 1 atom stereocenters. The molecule has 160 valence electrons. The third-order valence-corrected chi connectivity index (χ3v) is 5.64. The molecule has 0 radical (unpaired) electrons. The Morgan fingerprint density at radius 3 is 2.84 bits per heavy atom. The summed E-state index contributed by atoms with van der Waals surface area (Å²) in [4.78, 5) is 25.2. The summed E-state index contributed by atoms with van der Waals surface area (Å²) >= 11 is 1.72. The molecule has 3 aromatic heterocycles. The average Bonchev–Trinajstić information content (AvgIpc) is 3.22. The number of aromatic nitrogens is 6. The number of nitrogens with zero attached hydrogens (tertiary/aromatic N) is 6. The molecule has 1 amide bonds. The van der Waals surface area contributed by atoms with Crippen LogP contribution in [-0.4, -0.2) is 47.5 Å². The molecular formula is C21H23N7O2S. The van der Waals surface area contributed by atoms with E-state index in [4.69, 9.17) is 0 Å². The van der Waals surface area contributed by atoms with Gasteiger partial charge in [-0.1, -0.05) is 23.4 Å². The largest absolute Gasteiger partial charge is 0.346 e. The summed E-state index contributed by atoms with van der Waals surface area (Å²) in [5, 5.41) is 20.1. The number of hydrogen-bond acceptors (Lipinski definition) is 7. The molecule has 0 fully saturated rings. The standard InChI is InChI=1S/C21H23N7O2S/c1-31-14-11-17(20-25-24-18-9-4-5-12-27(18)20)22-19(29)10-6-13-28-21(30)15-7-2-3-8-16(15)23-26-28/h2-5,7-9,12,17H,6,10-11,13-14H2,1H3,(H,22,29)/t17-/m1/s1. The van der Waals surface area contributed by atoms with Crippen molar-refractivity contribution < 1.29 is 4.79 Å². The number of benzene rings is 1. The average molecular weight is 438 g/mol. The number of fused-ring (bicyclic) bond motifs is 2. The van der Waals surface area contributed by atoms with Gasteiger partial charge in [-0.3, -0.25) is 14.0 Å². The molecule has 0 saturated carbocycles. The summed E-state index contributed by atoms with van der Waals surface area (Å²) < 4.78 is 3.21. The Morgan fingerprint density at radius 2 is 1.97 bits per heavy atom. The molecule has 4 aromatic rings. The van der Waals surface area contributed by atoms with Crippen molar-refractivity contribution in [2.45, 2.75) is 31.8 Å². The lowest BCUT2D eigenvalue weighted by Crippen LogP contribution is -2.31. The fourth-order valence-electron chi connectivity index (χ4n) is 3.42. The number of hydrogen-bond donors (Lipinski definition) is 1. The van der Waals surface area contributed by atoms with Gasteiger partial charge in [0.25, 0.3) is 5.56 Å². The Morgan fingerprint density at radius 1 is 1.13 bits per heavy atom. The van der Waals surface area contributed by atoms with E-state index in [2.05, 4.69) is 25.8 Å². The molecule has 3 heterocycles. The summed E-state index contributed by atoms with van der Waals surface area (Å²) in [5.74, 6) is 1.50. The fraction of sp³-hybridized carbons (Fsp3) is 0.333. The van der Waals surface area contributed by atoms with Crippen LogP contribution in [0.5, 0.6) is 0 Å². The predicted molar refractivity (Wildman–Crippen MR) is 120 cm³/mol. The molecule has 1 aromatic carbocycles. The zero-order chi connectivity index (χ0) is 21.6. The van der Waals surface area contributed by atoms with E-state index in [0.717, 1.165) is 23.6 Å². The van der Waals surface area contributed by atoms with E-state index in [9.17, 15) is 9.59 Å². The molecule has 4 rings (SSSR count). The first-order valence-electron chi connectivity index (χ1n) is 10.1. The van der Waals surface area contributed by atoms with Crippen LogP contribution in [0.15, 0.2) is 53.5 Å². The van der Waals surface area contributed by atoms with Crippen molar-refractivity contribution >= 4 is 34.2 Å². The number of amides is 1. The normalized spacial score (nSPS) is 12.3. The van der Waals surface area contributed by atoms with Gasteiger partial charge in [0, 0.05) is 19.2 Å². The summed E-state index contributed by atoms with van der Waals surface area (Å²) in [7, 11) is 0. The van der Waals surface area contributed by atoms with E-state index in [1.54, 1.807) is 30.0 Å². The van der Waals surface area contributed by atoms with Crippen LogP contribution < -0.4 is 10.9 Å². The van der Waals surface area contributed by atoms with Crippen molar-refractivity contribution in [1.82, 2.24) is 34.9 Å². The van der Waals surface area contributed by atoms with Crippen LogP contribution in [0.2, 0.25) is 0 Å². The lowest BCUT2D eigenvalue weighted by atomic mass is 10.2. The van der Waals surface area contributed by atoms with Crippen LogP contribution in [0.25, 0.3) is 16.6 Å². The minimum atomic E-state index is -0.236. The molecular weight excluding hydrogens is 414 g/mol. The quantitative estimate of drug-likeness (QED) is 0.428. The van der Waals surface area contributed by atoms with E-state index in [-0.39, 0.29) is 23.9 Å². The van der Waals surface area contributed by atoms with Gasteiger partial charge in [-0.05, 0) is 49.1 Å². The van der Waals surface area contributed by atoms with E-state index >= 15 is 0 Å². The second-order valence-electron chi connectivity index (χ2n) is 7.13. The maximum Gasteiger partial charge on any atom is 0.277 e. The first-order chi connectivity index (χ1) is 15.2. The smallest absolute Gasteiger partial charge is 0.277 e. The molecule has 1 N–H and O–H groups in total. The number of carbonyl (C=O) groups is 1. The van der Waals surface area contributed by atoms with Crippen molar-refractivity contribution in [1.29, 1.82) is 0 Å². The molecule has 31 heavy (non-hydrogen) atoms. The second-order valence-corrected chi connectivity index (χ2v) is 8.11. The van der Waals surface area contributed by atoms with Crippen LogP contribution in [0, 0.1) is 0 Å². The highest BCUT2D eigenvalue weighted by Crippen LogP contribution is 2.18. The number of pyridine rings is 1. The first-order valence-corrected chi connectivity index (χ1v) is 11.5. The number of carbonyl (C=O) groups excluding carboxylic acids is 1. The molecule has 0 aliphatic carbocycles. The van der Waals surface area contributed by atoms with Crippen LogP contribution in [0.4, 0.5) is 0 Å². The second kappa shape index (κ2) is 9.69. The highest BCUT2D eigenvalue weighted by molar-refractivity contribution is 7.98. The van der Waals surface area contributed by atoms with E-state index in [1.165, 1.54) is 4.68 Å². The molecule has 0 aliphatic rings. The highest BCUT2D eigenvalue weighted by Gasteiger charge is 2.20. The SMILES string of the molecule is CSCC[C@@H](NC(=O)CCCn1nnc2ccccc2c1=O)c1nnc2ccccn12. The van der Waals surface area contributed by atoms with Crippen LogP contribution >= 0.6 is 11.8 Å². The highest BCUT2D eigenvalue weighted by atomic mass is 32.2. The van der Waals surface area contributed by atoms with Crippen molar-refractivity contribution in [3.63, 3.8) is 0 Å². The molecule has 0 spiro atoms. The van der Waals surface area contributed by atoms with Gasteiger partial charge in [0.15, 0.2) is 11.5 Å². The van der Waals surface area contributed by atoms with Crippen molar-refractivity contribution in [2.75, 3.05) is 12.0 Å². The zero-order valence-electron chi connectivity index (χ0n) is 17.1. The summed E-state index contributed by atoms with van der Waals surface area (Å²) in [6.07, 6.45) is 5.43. The predicted octanol–water partition coefficient (Wildman–Crippen LogP) is 2.22. The number of nitrogens with one attached hydrogen (secondary N) is 1. The summed E-state index contributed by atoms with van der Waals surface area (Å²) in [5.41, 5.74) is 1.12. The Bertz CT molecular complexity index is 1250. The molecule has 0 unspecified atom stereocenters. The van der Waals surface area contributed by atoms with Gasteiger partial charge in [-0.15, -0.1) is 15.3 Å². The Kier molecular flexibility index (Phi) is 6.56. The van der Waals surface area contributed by atoms with E-state index in [1.807, 2.05) is 41.1 Å². The maximum atomic E-state index is 12.6. The number of thioether (sulfide) groups is 1. The molecule has 10 heteroatoms. The fourth-order valence-corrected chi connectivity index (χ4v) is 3.90. The lowest BCUT2D eigenvalue weighted by Gasteiger charge is -2.17. The van der Waals surface area contributed by atoms with Crippen molar-refractivity contribution in [2.24, 2.45) is 0 Å². The molecule has 9 nitrogen and oxygen atoms in total. The van der Waals surface area contributed by atoms with Gasteiger partial charge in [0.05, 0.1) is 11.4 Å². The molecule has 0 aliphatic heterocycles. The zero-order valence-corrected chi connectivity index (χ0v) is 18.0. The number of aryl methyl sites for hydroxylation is 1.